The minimum absolute atomic E-state index is 0.489. The first kappa shape index (κ1) is 13.9. The molecule has 0 aromatic heterocycles. The molecule has 0 saturated carbocycles. The maximum Gasteiger partial charge on any atom is 0.330 e. The van der Waals surface area contributed by atoms with Crippen LogP contribution in [0, 0.1) is 0 Å². The number of likely N-dealkylation sites (N-methyl/N-ethyl adjacent to an activating group) is 1. The zero-order valence-electron chi connectivity index (χ0n) is 9.41. The van der Waals surface area contributed by atoms with Crippen LogP contribution >= 0.6 is 0 Å². The molecule has 3 N–H and O–H groups in total. The third-order valence-corrected chi connectivity index (χ3v) is 1.88. The van der Waals surface area contributed by atoms with Crippen LogP contribution in [-0.2, 0) is 9.59 Å². The summed E-state index contributed by atoms with van der Waals surface area (Å²) in [4.78, 5) is 23.9. The van der Waals surface area contributed by atoms with E-state index in [0.29, 0.717) is 6.54 Å². The lowest BCUT2D eigenvalue weighted by atomic mass is 10.2. The summed E-state index contributed by atoms with van der Waals surface area (Å²) in [6, 6.07) is -1.16. The molecule has 0 radical (unpaired) electrons. The van der Waals surface area contributed by atoms with Crippen molar-refractivity contribution in [2.45, 2.75) is 12.5 Å². The highest BCUT2D eigenvalue weighted by atomic mass is 16.4. The predicted octanol–water partition coefficient (Wildman–Crippen LogP) is -1.27. The lowest BCUT2D eigenvalue weighted by Gasteiger charge is -2.13. The van der Waals surface area contributed by atoms with Crippen LogP contribution in [0.2, 0.25) is 0 Å². The van der Waals surface area contributed by atoms with E-state index in [2.05, 4.69) is 10.6 Å². The summed E-state index contributed by atoms with van der Waals surface area (Å²) < 4.78 is 0. The van der Waals surface area contributed by atoms with E-state index in [0.717, 1.165) is 13.0 Å². The van der Waals surface area contributed by atoms with Gasteiger partial charge in [0.1, 0.15) is 0 Å². The average molecular weight is 217 g/mol. The normalized spacial score (nSPS) is 12.5. The SMILES string of the molecule is CNC(C(=O)O)C(=O)NCCCN(C)C. The van der Waals surface area contributed by atoms with Gasteiger partial charge in [0.15, 0.2) is 6.04 Å². The Morgan fingerprint density at radius 1 is 1.40 bits per heavy atom. The molecule has 6 heteroatoms. The second-order valence-electron chi connectivity index (χ2n) is 3.51. The van der Waals surface area contributed by atoms with Crippen LogP contribution in [0.5, 0.6) is 0 Å². The van der Waals surface area contributed by atoms with E-state index in [1.807, 2.05) is 19.0 Å². The van der Waals surface area contributed by atoms with Crippen molar-refractivity contribution in [3.63, 3.8) is 0 Å². The van der Waals surface area contributed by atoms with Crippen LogP contribution in [0.25, 0.3) is 0 Å². The van der Waals surface area contributed by atoms with Crippen LogP contribution in [0.4, 0.5) is 0 Å². The van der Waals surface area contributed by atoms with Crippen molar-refractivity contribution in [3.05, 3.63) is 0 Å². The first-order valence-corrected chi connectivity index (χ1v) is 4.81. The smallest absolute Gasteiger partial charge is 0.330 e. The Labute approximate surface area is 89.6 Å². The van der Waals surface area contributed by atoms with E-state index in [1.54, 1.807) is 0 Å². The first-order chi connectivity index (χ1) is 6.99. The van der Waals surface area contributed by atoms with E-state index in [-0.39, 0.29) is 0 Å². The van der Waals surface area contributed by atoms with E-state index in [1.165, 1.54) is 7.05 Å². The molecule has 88 valence electrons. The fraction of sp³-hybridized carbons (Fsp3) is 0.778. The zero-order chi connectivity index (χ0) is 11.8. The molecular weight excluding hydrogens is 198 g/mol. The molecule has 0 aromatic carbocycles. The van der Waals surface area contributed by atoms with Gasteiger partial charge >= 0.3 is 5.97 Å². The summed E-state index contributed by atoms with van der Waals surface area (Å²) >= 11 is 0. The standard InChI is InChI=1S/C9H19N3O3/c1-10-7(9(14)15)8(13)11-5-4-6-12(2)3/h7,10H,4-6H2,1-3H3,(H,11,13)(H,14,15). The average Bonchev–Trinajstić information content (AvgIpc) is 2.12. The third-order valence-electron chi connectivity index (χ3n) is 1.88. The molecule has 0 aliphatic carbocycles. The lowest BCUT2D eigenvalue weighted by molar-refractivity contribution is -0.143. The molecule has 0 fully saturated rings. The number of carbonyl (C=O) groups is 2. The van der Waals surface area contributed by atoms with Gasteiger partial charge in [-0.2, -0.15) is 0 Å². The van der Waals surface area contributed by atoms with Crippen LogP contribution < -0.4 is 10.6 Å². The summed E-state index contributed by atoms with van der Waals surface area (Å²) in [5.41, 5.74) is 0. The van der Waals surface area contributed by atoms with Gasteiger partial charge < -0.3 is 15.3 Å². The topological polar surface area (TPSA) is 81.7 Å². The van der Waals surface area contributed by atoms with Gasteiger partial charge in [-0.25, -0.2) is 4.79 Å². The van der Waals surface area contributed by atoms with Gasteiger partial charge in [-0.15, -0.1) is 0 Å². The fourth-order valence-electron chi connectivity index (χ4n) is 1.08. The minimum Gasteiger partial charge on any atom is -0.480 e. The van der Waals surface area contributed by atoms with E-state index >= 15 is 0 Å². The summed E-state index contributed by atoms with van der Waals surface area (Å²) in [5.74, 6) is -1.66. The predicted molar refractivity (Wildman–Crippen MR) is 56.7 cm³/mol. The summed E-state index contributed by atoms with van der Waals surface area (Å²) in [7, 11) is 5.32. The van der Waals surface area contributed by atoms with Gasteiger partial charge in [-0.1, -0.05) is 0 Å². The molecule has 0 aliphatic rings. The minimum atomic E-state index is -1.16. The number of nitrogens with one attached hydrogen (secondary N) is 2. The van der Waals surface area contributed by atoms with Gasteiger partial charge in [0.05, 0.1) is 0 Å². The van der Waals surface area contributed by atoms with Crippen molar-refractivity contribution in [2.75, 3.05) is 34.2 Å². The van der Waals surface area contributed by atoms with Crippen molar-refractivity contribution in [3.8, 4) is 0 Å². The molecule has 0 aromatic rings. The van der Waals surface area contributed by atoms with Gasteiger partial charge in [-0.3, -0.25) is 10.1 Å². The molecule has 1 atom stereocenters. The third kappa shape index (κ3) is 6.03. The highest BCUT2D eigenvalue weighted by Crippen LogP contribution is 1.85. The second-order valence-corrected chi connectivity index (χ2v) is 3.51. The van der Waals surface area contributed by atoms with Crippen LogP contribution in [-0.4, -0.2) is 62.2 Å². The Bertz CT molecular complexity index is 219. The molecule has 0 heterocycles. The van der Waals surface area contributed by atoms with Crippen molar-refractivity contribution in [1.29, 1.82) is 0 Å². The first-order valence-electron chi connectivity index (χ1n) is 4.81. The van der Waals surface area contributed by atoms with E-state index in [4.69, 9.17) is 5.11 Å². The van der Waals surface area contributed by atoms with Crippen LogP contribution in [0.3, 0.4) is 0 Å². The lowest BCUT2D eigenvalue weighted by Crippen LogP contribution is -2.48. The van der Waals surface area contributed by atoms with Crippen molar-refractivity contribution in [2.24, 2.45) is 0 Å². The molecular formula is C9H19N3O3. The monoisotopic (exact) mass is 217 g/mol. The van der Waals surface area contributed by atoms with Crippen LogP contribution in [0.15, 0.2) is 0 Å². The molecule has 0 rings (SSSR count). The number of carbonyl (C=O) groups excluding carboxylic acids is 1. The number of aliphatic carboxylic acids is 1. The molecule has 1 amide bonds. The summed E-state index contributed by atoms with van der Waals surface area (Å²) in [6.07, 6.45) is 0.800. The quantitative estimate of drug-likeness (QED) is 0.366. The van der Waals surface area contributed by atoms with Gasteiger partial charge in [-0.05, 0) is 34.1 Å². The zero-order valence-corrected chi connectivity index (χ0v) is 9.41. The molecule has 6 nitrogen and oxygen atoms in total. The Kier molecular flexibility index (Phi) is 6.64. The number of amides is 1. The molecule has 1 unspecified atom stereocenters. The van der Waals surface area contributed by atoms with E-state index < -0.39 is 17.9 Å². The van der Waals surface area contributed by atoms with E-state index in [9.17, 15) is 9.59 Å². The Balaban J connectivity index is 3.77. The van der Waals surface area contributed by atoms with Crippen molar-refractivity contribution < 1.29 is 14.7 Å². The number of rotatable bonds is 7. The second kappa shape index (κ2) is 7.19. The number of hydrogen-bond acceptors (Lipinski definition) is 4. The molecule has 0 saturated heterocycles. The number of nitrogens with zero attached hydrogens (tertiary/aromatic N) is 1. The Hall–Kier alpha value is -1.14. The maximum absolute atomic E-state index is 11.3. The number of hydrogen-bond donors (Lipinski definition) is 3. The number of carboxylic acid groups (broad SMARTS) is 1. The number of carboxylic acids is 1. The van der Waals surface area contributed by atoms with Crippen molar-refractivity contribution >= 4 is 11.9 Å². The summed E-state index contributed by atoms with van der Waals surface area (Å²) in [5, 5.41) is 13.6. The summed E-state index contributed by atoms with van der Waals surface area (Å²) in [6.45, 7) is 1.35. The molecule has 0 spiro atoms. The highest BCUT2D eigenvalue weighted by molar-refractivity contribution is 6.01. The van der Waals surface area contributed by atoms with Gasteiger partial charge in [0.25, 0.3) is 0 Å². The molecule has 15 heavy (non-hydrogen) atoms. The Morgan fingerprint density at radius 2 is 2.00 bits per heavy atom. The largest absolute Gasteiger partial charge is 0.480 e. The fourth-order valence-corrected chi connectivity index (χ4v) is 1.08. The maximum atomic E-state index is 11.3. The Morgan fingerprint density at radius 3 is 2.40 bits per heavy atom. The van der Waals surface area contributed by atoms with Crippen molar-refractivity contribution in [1.82, 2.24) is 15.5 Å². The van der Waals surface area contributed by atoms with Crippen LogP contribution in [0.1, 0.15) is 6.42 Å². The van der Waals surface area contributed by atoms with Gasteiger partial charge in [0, 0.05) is 6.54 Å². The van der Waals surface area contributed by atoms with Gasteiger partial charge in [0.2, 0.25) is 5.91 Å². The highest BCUT2D eigenvalue weighted by Gasteiger charge is 2.23. The molecule has 0 aliphatic heterocycles. The molecule has 0 bridgehead atoms.